The number of carbonyl (C=O) groups excluding carboxylic acids is 2. The predicted molar refractivity (Wildman–Crippen MR) is 30.2 cm³/mol. The van der Waals surface area contributed by atoms with E-state index in [0.717, 1.165) is 0 Å². The standard InChI is InChI=1S/C2H2FO4P.Li.H/c3-6-1(4)2(5)7-8;;/h8H2;;. The summed E-state index contributed by atoms with van der Waals surface area (Å²) in [6.45, 7) is 0. The average molecular weight is 148 g/mol. The van der Waals surface area contributed by atoms with Crippen LogP contribution in [0.5, 0.6) is 0 Å². The molecule has 0 bridgehead atoms. The molecule has 0 N–H and O–H groups in total. The van der Waals surface area contributed by atoms with Gasteiger partial charge in [-0.3, -0.25) is 0 Å². The Bertz CT molecular complexity index is 103. The minimum atomic E-state index is -1.67. The van der Waals surface area contributed by atoms with Gasteiger partial charge in [-0.2, -0.15) is 0 Å². The summed E-state index contributed by atoms with van der Waals surface area (Å²) in [6.07, 6.45) is 0. The van der Waals surface area contributed by atoms with E-state index in [0.29, 0.717) is 0 Å². The molecule has 9 heavy (non-hydrogen) atoms. The second kappa shape index (κ2) is 6.02. The third-order valence-corrected chi connectivity index (χ3v) is 0.558. The molecular weight excluding hydrogens is 145 g/mol. The van der Waals surface area contributed by atoms with Crippen molar-refractivity contribution >= 4 is 40.3 Å². The molecule has 0 spiro atoms. The summed E-state index contributed by atoms with van der Waals surface area (Å²) >= 11 is 0. The molecule has 0 aliphatic heterocycles. The molecule has 48 valence electrons. The molecule has 0 aromatic rings. The first-order chi connectivity index (χ1) is 3.72. The van der Waals surface area contributed by atoms with Crippen molar-refractivity contribution in [2.75, 3.05) is 0 Å². The van der Waals surface area contributed by atoms with Gasteiger partial charge < -0.3 is 4.52 Å². The Morgan fingerprint density at radius 1 is 1.33 bits per heavy atom. The molecule has 0 saturated heterocycles. The van der Waals surface area contributed by atoms with Crippen LogP contribution in [0.2, 0.25) is 0 Å². The summed E-state index contributed by atoms with van der Waals surface area (Å²) in [4.78, 5) is 21.9. The quantitative estimate of drug-likeness (QED) is 0.253. The van der Waals surface area contributed by atoms with Gasteiger partial charge in [0.15, 0.2) is 0 Å². The van der Waals surface area contributed by atoms with Crippen molar-refractivity contribution in [3.63, 3.8) is 0 Å². The van der Waals surface area contributed by atoms with Gasteiger partial charge in [0.2, 0.25) is 0 Å². The zero-order chi connectivity index (χ0) is 6.57. The van der Waals surface area contributed by atoms with Crippen LogP contribution < -0.4 is 0 Å². The van der Waals surface area contributed by atoms with Crippen LogP contribution in [-0.4, -0.2) is 30.8 Å². The van der Waals surface area contributed by atoms with Crippen molar-refractivity contribution in [1.82, 2.24) is 0 Å². The average Bonchev–Trinajstić information content (AvgIpc) is 1.84. The van der Waals surface area contributed by atoms with Gasteiger partial charge in [-0.1, -0.05) is 0 Å². The van der Waals surface area contributed by atoms with Crippen LogP contribution in [-0.2, 0) is 19.1 Å². The van der Waals surface area contributed by atoms with E-state index < -0.39 is 11.9 Å². The van der Waals surface area contributed by atoms with Crippen molar-refractivity contribution in [2.24, 2.45) is 0 Å². The van der Waals surface area contributed by atoms with Crippen molar-refractivity contribution in [3.8, 4) is 0 Å². The first-order valence-corrected chi connectivity index (χ1v) is 1.93. The van der Waals surface area contributed by atoms with E-state index in [2.05, 4.69) is 9.47 Å². The molecule has 7 heteroatoms. The molecule has 1 unspecified atom stereocenters. The van der Waals surface area contributed by atoms with Crippen molar-refractivity contribution in [1.29, 1.82) is 0 Å². The fraction of sp³-hybridized carbons (Fsp3) is 0. The summed E-state index contributed by atoms with van der Waals surface area (Å²) in [5, 5.41) is 0. The van der Waals surface area contributed by atoms with Gasteiger partial charge >= 0.3 is 30.8 Å². The molecule has 1 atom stereocenters. The Kier molecular flexibility index (Phi) is 7.81. The molecule has 0 heterocycles. The third-order valence-electron chi connectivity index (χ3n) is 0.344. The van der Waals surface area contributed by atoms with Gasteiger partial charge in [0.1, 0.15) is 0 Å². The minimum absolute atomic E-state index is 0. The van der Waals surface area contributed by atoms with Crippen LogP contribution in [0.15, 0.2) is 0 Å². The zero-order valence-electron chi connectivity index (χ0n) is 3.59. The zero-order valence-corrected chi connectivity index (χ0v) is 4.74. The Labute approximate surface area is 64.4 Å². The van der Waals surface area contributed by atoms with Crippen LogP contribution in [0.25, 0.3) is 0 Å². The fourth-order valence-electron chi connectivity index (χ4n) is 0.0796. The SMILES string of the molecule is O=C(OF)C(=O)OP.[LiH]. The molecule has 0 rings (SSSR count). The molecule has 0 saturated carbocycles. The molecule has 0 aromatic carbocycles. The van der Waals surface area contributed by atoms with Crippen LogP contribution >= 0.6 is 9.47 Å². The number of hydrogen-bond acceptors (Lipinski definition) is 4. The topological polar surface area (TPSA) is 52.6 Å². The van der Waals surface area contributed by atoms with Gasteiger partial charge in [-0.15, -0.1) is 0 Å². The van der Waals surface area contributed by atoms with Crippen molar-refractivity contribution in [3.05, 3.63) is 0 Å². The maximum atomic E-state index is 10.7. The predicted octanol–water partition coefficient (Wildman–Crippen LogP) is -0.901. The van der Waals surface area contributed by atoms with E-state index in [9.17, 15) is 14.1 Å². The summed E-state index contributed by atoms with van der Waals surface area (Å²) in [6, 6.07) is 0. The summed E-state index contributed by atoms with van der Waals surface area (Å²) in [5.74, 6) is -3.06. The molecule has 0 radical (unpaired) electrons. The molecule has 0 aliphatic carbocycles. The number of rotatable bonds is 0. The third kappa shape index (κ3) is 4.40. The van der Waals surface area contributed by atoms with E-state index in [1.807, 2.05) is 0 Å². The second-order valence-electron chi connectivity index (χ2n) is 0.770. The molecule has 0 amide bonds. The number of halogens is 1. The van der Waals surface area contributed by atoms with Gasteiger partial charge in [0.25, 0.3) is 0 Å². The second-order valence-corrected chi connectivity index (χ2v) is 1.01. The van der Waals surface area contributed by atoms with E-state index in [1.54, 1.807) is 0 Å². The van der Waals surface area contributed by atoms with Gasteiger partial charge in [-0.25, -0.2) is 14.5 Å². The van der Waals surface area contributed by atoms with Gasteiger partial charge in [0, 0.05) is 4.53 Å². The molecule has 0 aromatic heterocycles. The first-order valence-electron chi connectivity index (χ1n) is 1.46. The van der Waals surface area contributed by atoms with Crippen LogP contribution in [0.4, 0.5) is 4.53 Å². The molecule has 4 nitrogen and oxygen atoms in total. The van der Waals surface area contributed by atoms with Crippen LogP contribution in [0.3, 0.4) is 0 Å². The molecule has 0 aliphatic rings. The summed E-state index contributed by atoms with van der Waals surface area (Å²) < 4.78 is 14.3. The molecule has 0 fully saturated rings. The van der Waals surface area contributed by atoms with E-state index in [-0.39, 0.29) is 18.9 Å². The van der Waals surface area contributed by atoms with E-state index in [1.165, 1.54) is 9.47 Å². The summed E-state index contributed by atoms with van der Waals surface area (Å²) in [7, 11) is 1.47. The maximum absolute atomic E-state index is 10.7. The number of carbonyl (C=O) groups is 2. The Morgan fingerprint density at radius 2 is 1.78 bits per heavy atom. The Morgan fingerprint density at radius 3 is 1.89 bits per heavy atom. The van der Waals surface area contributed by atoms with E-state index >= 15 is 0 Å². The van der Waals surface area contributed by atoms with Crippen LogP contribution in [0.1, 0.15) is 0 Å². The molecular formula is C2H3FLiO4P. The Hall–Kier alpha value is -0.103. The van der Waals surface area contributed by atoms with Gasteiger partial charge in [-0.05, 0) is 0 Å². The number of hydrogen-bond donors (Lipinski definition) is 0. The van der Waals surface area contributed by atoms with Crippen molar-refractivity contribution in [2.45, 2.75) is 0 Å². The van der Waals surface area contributed by atoms with Crippen LogP contribution in [0, 0.1) is 0 Å². The van der Waals surface area contributed by atoms with Gasteiger partial charge in [0.05, 0.1) is 9.47 Å². The normalized spacial score (nSPS) is 6.89. The monoisotopic (exact) mass is 148 g/mol. The summed E-state index contributed by atoms with van der Waals surface area (Å²) in [5.41, 5.74) is 0. The van der Waals surface area contributed by atoms with E-state index in [4.69, 9.17) is 0 Å². The first kappa shape index (κ1) is 11.7. The Balaban J connectivity index is 0. The van der Waals surface area contributed by atoms with Crippen molar-refractivity contribution < 1.29 is 23.6 Å². The fourth-order valence-corrected chi connectivity index (χ4v) is 0.176.